The molecule has 2 aromatic carbocycles. The Kier molecular flexibility index (Phi) is 4.89. The molecule has 1 heterocycles. The maximum atomic E-state index is 12.6. The van der Waals surface area contributed by atoms with Gasteiger partial charge in [-0.2, -0.15) is 4.31 Å². The number of carbonyl (C=O) groups excluding carboxylic acids is 1. The highest BCUT2D eigenvalue weighted by Gasteiger charge is 2.27. The molecule has 3 rings (SSSR count). The number of amides is 1. The van der Waals surface area contributed by atoms with Crippen molar-refractivity contribution in [2.45, 2.75) is 17.7 Å². The van der Waals surface area contributed by atoms with Crippen molar-refractivity contribution in [3.05, 3.63) is 59.1 Å². The van der Waals surface area contributed by atoms with Crippen LogP contribution in [0.2, 0.25) is 5.02 Å². The lowest BCUT2D eigenvalue weighted by Crippen LogP contribution is -2.28. The minimum atomic E-state index is -3.54. The standard InChI is InChI=1S/C17H17ClN2O3S/c18-14-6-8-15(9-7-14)19-17(21)13-4-3-5-16(12-13)24(22,23)20-10-1-2-11-20/h3-9,12H,1-2,10-11H2,(H,19,21). The summed E-state index contributed by atoms with van der Waals surface area (Å²) < 4.78 is 26.6. The van der Waals surface area contributed by atoms with Gasteiger partial charge in [-0.3, -0.25) is 4.79 Å². The van der Waals surface area contributed by atoms with Crippen molar-refractivity contribution in [2.24, 2.45) is 0 Å². The first-order valence-electron chi connectivity index (χ1n) is 7.64. The molecule has 1 fully saturated rings. The molecule has 126 valence electrons. The molecular formula is C17H17ClN2O3S. The van der Waals surface area contributed by atoms with E-state index in [1.54, 1.807) is 36.4 Å². The van der Waals surface area contributed by atoms with Gasteiger partial charge in [0.15, 0.2) is 0 Å². The van der Waals surface area contributed by atoms with E-state index in [9.17, 15) is 13.2 Å². The molecule has 1 amide bonds. The number of sulfonamides is 1. The SMILES string of the molecule is O=C(Nc1ccc(Cl)cc1)c1cccc(S(=O)(=O)N2CCCC2)c1. The molecule has 1 aliphatic heterocycles. The molecule has 0 spiro atoms. The fourth-order valence-corrected chi connectivity index (χ4v) is 4.30. The molecular weight excluding hydrogens is 348 g/mol. The van der Waals surface area contributed by atoms with Crippen LogP contribution in [0.1, 0.15) is 23.2 Å². The van der Waals surface area contributed by atoms with Crippen LogP contribution in [-0.2, 0) is 10.0 Å². The molecule has 0 radical (unpaired) electrons. The smallest absolute Gasteiger partial charge is 0.255 e. The van der Waals surface area contributed by atoms with Crippen LogP contribution in [0.25, 0.3) is 0 Å². The number of hydrogen-bond acceptors (Lipinski definition) is 3. The van der Waals surface area contributed by atoms with Crippen LogP contribution in [0.4, 0.5) is 5.69 Å². The Labute approximate surface area is 146 Å². The molecule has 24 heavy (non-hydrogen) atoms. The lowest BCUT2D eigenvalue weighted by atomic mass is 10.2. The third kappa shape index (κ3) is 3.61. The van der Waals surface area contributed by atoms with E-state index in [1.807, 2.05) is 0 Å². The molecule has 0 unspecified atom stereocenters. The highest BCUT2D eigenvalue weighted by molar-refractivity contribution is 7.89. The van der Waals surface area contributed by atoms with Gasteiger partial charge in [0, 0.05) is 29.4 Å². The average molecular weight is 365 g/mol. The summed E-state index contributed by atoms with van der Waals surface area (Å²) in [6.07, 6.45) is 1.74. The van der Waals surface area contributed by atoms with Gasteiger partial charge in [-0.25, -0.2) is 8.42 Å². The van der Waals surface area contributed by atoms with E-state index in [4.69, 9.17) is 11.6 Å². The van der Waals surface area contributed by atoms with Crippen LogP contribution < -0.4 is 5.32 Å². The van der Waals surface area contributed by atoms with Gasteiger partial charge in [0.25, 0.3) is 5.91 Å². The van der Waals surface area contributed by atoms with Crippen LogP contribution in [0.5, 0.6) is 0 Å². The second-order valence-corrected chi connectivity index (χ2v) is 7.97. The third-order valence-corrected chi connectivity index (χ3v) is 6.05. The Morgan fingerprint density at radius 1 is 1.04 bits per heavy atom. The molecule has 0 aliphatic carbocycles. The highest BCUT2D eigenvalue weighted by Crippen LogP contribution is 2.22. The maximum absolute atomic E-state index is 12.6. The minimum absolute atomic E-state index is 0.146. The summed E-state index contributed by atoms with van der Waals surface area (Å²) in [5.74, 6) is -0.365. The van der Waals surface area contributed by atoms with E-state index in [0.29, 0.717) is 29.4 Å². The van der Waals surface area contributed by atoms with Crippen molar-refractivity contribution < 1.29 is 13.2 Å². The van der Waals surface area contributed by atoms with Gasteiger partial charge in [0.1, 0.15) is 0 Å². The Bertz CT molecular complexity index is 844. The van der Waals surface area contributed by atoms with Gasteiger partial charge >= 0.3 is 0 Å². The fourth-order valence-electron chi connectivity index (χ4n) is 2.61. The molecule has 1 aliphatic rings. The summed E-state index contributed by atoms with van der Waals surface area (Å²) in [6.45, 7) is 1.06. The van der Waals surface area contributed by atoms with Crippen molar-refractivity contribution in [2.75, 3.05) is 18.4 Å². The van der Waals surface area contributed by atoms with Crippen LogP contribution in [-0.4, -0.2) is 31.7 Å². The van der Waals surface area contributed by atoms with Crippen LogP contribution in [0, 0.1) is 0 Å². The van der Waals surface area contributed by atoms with Crippen molar-refractivity contribution in [1.29, 1.82) is 0 Å². The summed E-state index contributed by atoms with van der Waals surface area (Å²) in [6, 6.07) is 12.8. The predicted octanol–water partition coefficient (Wildman–Crippen LogP) is 3.38. The topological polar surface area (TPSA) is 66.5 Å². The zero-order valence-corrected chi connectivity index (χ0v) is 14.5. The Morgan fingerprint density at radius 3 is 2.38 bits per heavy atom. The van der Waals surface area contributed by atoms with Crippen molar-refractivity contribution in [3.63, 3.8) is 0 Å². The molecule has 2 aromatic rings. The largest absolute Gasteiger partial charge is 0.322 e. The molecule has 1 saturated heterocycles. The fraction of sp³-hybridized carbons (Fsp3) is 0.235. The first kappa shape index (κ1) is 17.0. The zero-order valence-electron chi connectivity index (χ0n) is 12.9. The number of halogens is 1. The van der Waals surface area contributed by atoms with Crippen molar-refractivity contribution in [3.8, 4) is 0 Å². The molecule has 0 bridgehead atoms. The normalized spacial score (nSPS) is 15.4. The van der Waals surface area contributed by atoms with E-state index in [1.165, 1.54) is 16.4 Å². The van der Waals surface area contributed by atoms with Gasteiger partial charge in [-0.15, -0.1) is 0 Å². The number of rotatable bonds is 4. The lowest BCUT2D eigenvalue weighted by Gasteiger charge is -2.16. The number of hydrogen-bond donors (Lipinski definition) is 1. The van der Waals surface area contributed by atoms with Gasteiger partial charge in [0.2, 0.25) is 10.0 Å². The number of benzene rings is 2. The number of nitrogens with zero attached hydrogens (tertiary/aromatic N) is 1. The van der Waals surface area contributed by atoms with E-state index >= 15 is 0 Å². The number of carbonyl (C=O) groups is 1. The van der Waals surface area contributed by atoms with E-state index in [2.05, 4.69) is 5.32 Å². The summed E-state index contributed by atoms with van der Waals surface area (Å²) >= 11 is 5.81. The van der Waals surface area contributed by atoms with Crippen LogP contribution >= 0.6 is 11.6 Å². The number of anilines is 1. The summed E-state index contributed by atoms with van der Waals surface area (Å²) in [7, 11) is -3.54. The Balaban J connectivity index is 1.82. The second-order valence-electron chi connectivity index (χ2n) is 5.60. The van der Waals surface area contributed by atoms with Gasteiger partial charge < -0.3 is 5.32 Å². The average Bonchev–Trinajstić information content (AvgIpc) is 3.12. The Morgan fingerprint density at radius 2 is 1.71 bits per heavy atom. The monoisotopic (exact) mass is 364 g/mol. The van der Waals surface area contributed by atoms with E-state index < -0.39 is 10.0 Å². The highest BCUT2D eigenvalue weighted by atomic mass is 35.5. The molecule has 0 aromatic heterocycles. The van der Waals surface area contributed by atoms with E-state index in [0.717, 1.165) is 12.8 Å². The first-order valence-corrected chi connectivity index (χ1v) is 9.46. The van der Waals surface area contributed by atoms with Crippen molar-refractivity contribution in [1.82, 2.24) is 4.31 Å². The summed E-state index contributed by atoms with van der Waals surface area (Å²) in [5, 5.41) is 3.30. The third-order valence-electron chi connectivity index (χ3n) is 3.90. The minimum Gasteiger partial charge on any atom is -0.322 e. The molecule has 0 atom stereocenters. The summed E-state index contributed by atoms with van der Waals surface area (Å²) in [5.41, 5.74) is 0.891. The van der Waals surface area contributed by atoms with Crippen LogP contribution in [0.15, 0.2) is 53.4 Å². The van der Waals surface area contributed by atoms with E-state index in [-0.39, 0.29) is 10.8 Å². The van der Waals surface area contributed by atoms with Crippen LogP contribution in [0.3, 0.4) is 0 Å². The maximum Gasteiger partial charge on any atom is 0.255 e. The molecule has 7 heteroatoms. The first-order chi connectivity index (χ1) is 11.5. The van der Waals surface area contributed by atoms with Gasteiger partial charge in [-0.1, -0.05) is 17.7 Å². The molecule has 5 nitrogen and oxygen atoms in total. The molecule has 0 saturated carbocycles. The number of nitrogens with one attached hydrogen (secondary N) is 1. The lowest BCUT2D eigenvalue weighted by molar-refractivity contribution is 0.102. The van der Waals surface area contributed by atoms with Gasteiger partial charge in [-0.05, 0) is 55.3 Å². The predicted molar refractivity (Wildman–Crippen MR) is 93.8 cm³/mol. The summed E-state index contributed by atoms with van der Waals surface area (Å²) in [4.78, 5) is 12.5. The second kappa shape index (κ2) is 6.93. The van der Waals surface area contributed by atoms with Gasteiger partial charge in [0.05, 0.1) is 4.90 Å². The Hall–Kier alpha value is -1.89. The zero-order chi connectivity index (χ0) is 17.2. The quantitative estimate of drug-likeness (QED) is 0.904. The van der Waals surface area contributed by atoms with Crippen molar-refractivity contribution >= 4 is 33.2 Å². The molecule has 1 N–H and O–H groups in total.